The molecule has 0 atom stereocenters. The Kier molecular flexibility index (Phi) is 3.97. The molecule has 0 unspecified atom stereocenters. The first-order chi connectivity index (χ1) is 4.63. The molecular formula is C4H9N3O3. The predicted octanol–water partition coefficient (Wildman–Crippen LogP) is -1.37. The molecule has 1 fully saturated rings. The molecule has 0 radical (unpaired) electrons. The van der Waals surface area contributed by atoms with Crippen molar-refractivity contribution < 1.29 is 14.7 Å². The highest BCUT2D eigenvalue weighted by Gasteiger charge is 2.04. The first-order valence-corrected chi connectivity index (χ1v) is 2.63. The minimum atomic E-state index is -1.33. The number of nitrogens with one attached hydrogen (secondary N) is 2. The topological polar surface area (TPSA) is 104 Å². The number of carboxylic acid groups (broad SMARTS) is 1. The lowest BCUT2D eigenvalue weighted by atomic mass is 10.5. The van der Waals surface area contributed by atoms with Gasteiger partial charge in [0.15, 0.2) is 0 Å². The molecule has 0 spiro atoms. The average molecular weight is 147 g/mol. The first kappa shape index (κ1) is 8.70. The molecule has 1 aliphatic rings. The van der Waals surface area contributed by atoms with Crippen molar-refractivity contribution in [3.8, 4) is 0 Å². The normalized spacial score (nSPS) is 15.0. The van der Waals surface area contributed by atoms with Gasteiger partial charge in [-0.1, -0.05) is 0 Å². The van der Waals surface area contributed by atoms with Gasteiger partial charge < -0.3 is 10.8 Å². The lowest BCUT2D eigenvalue weighted by Gasteiger charge is -1.83. The Morgan fingerprint density at radius 1 is 1.70 bits per heavy atom. The summed E-state index contributed by atoms with van der Waals surface area (Å²) in [5, 5.41) is 7.19. The largest absolute Gasteiger partial charge is 0.465 e. The van der Waals surface area contributed by atoms with Crippen LogP contribution in [-0.4, -0.2) is 23.7 Å². The van der Waals surface area contributed by atoms with Crippen molar-refractivity contribution in [3.05, 3.63) is 0 Å². The number of hydrogen-bond acceptors (Lipinski definition) is 3. The zero-order chi connectivity index (χ0) is 7.98. The molecule has 1 aliphatic heterocycles. The number of nitrogens with two attached hydrogens (primary N) is 1. The van der Waals surface area contributed by atoms with E-state index in [2.05, 4.69) is 16.6 Å². The highest BCUT2D eigenvalue weighted by molar-refractivity contribution is 5.77. The van der Waals surface area contributed by atoms with Crippen molar-refractivity contribution >= 4 is 12.0 Å². The van der Waals surface area contributed by atoms with Gasteiger partial charge in [0.25, 0.3) is 0 Å². The van der Waals surface area contributed by atoms with E-state index in [1.165, 1.54) is 0 Å². The van der Waals surface area contributed by atoms with E-state index in [0.717, 1.165) is 6.54 Å². The number of amides is 2. The van der Waals surface area contributed by atoms with Crippen LogP contribution in [0.3, 0.4) is 0 Å². The Morgan fingerprint density at radius 3 is 2.30 bits per heavy atom. The second-order valence-electron chi connectivity index (χ2n) is 1.56. The molecule has 0 aromatic rings. The Bertz CT molecular complexity index is 124. The van der Waals surface area contributed by atoms with Crippen LogP contribution >= 0.6 is 0 Å². The predicted molar refractivity (Wildman–Crippen MR) is 33.0 cm³/mol. The highest BCUT2D eigenvalue weighted by atomic mass is 16.4. The fraction of sp³-hybridized carbons (Fsp3) is 0.500. The summed E-state index contributed by atoms with van der Waals surface area (Å²) in [7, 11) is 0. The number of rotatable bonds is 0. The Labute approximate surface area is 57.4 Å². The minimum absolute atomic E-state index is 0.0926. The maximum atomic E-state index is 10.1. The summed E-state index contributed by atoms with van der Waals surface area (Å²) in [6.45, 7) is 0.777. The van der Waals surface area contributed by atoms with Crippen LogP contribution < -0.4 is 16.6 Å². The number of hydrogen-bond donors (Lipinski definition) is 4. The third-order valence-corrected chi connectivity index (χ3v) is 0.705. The van der Waals surface area contributed by atoms with E-state index >= 15 is 0 Å². The van der Waals surface area contributed by atoms with Crippen LogP contribution in [0.1, 0.15) is 6.42 Å². The minimum Gasteiger partial charge on any atom is -0.465 e. The van der Waals surface area contributed by atoms with Crippen LogP contribution in [0, 0.1) is 0 Å². The van der Waals surface area contributed by atoms with Gasteiger partial charge in [-0.15, -0.1) is 0 Å². The molecule has 10 heavy (non-hydrogen) atoms. The van der Waals surface area contributed by atoms with Gasteiger partial charge in [0.1, 0.15) is 0 Å². The molecule has 1 heterocycles. The highest BCUT2D eigenvalue weighted by Crippen LogP contribution is 1.79. The van der Waals surface area contributed by atoms with E-state index in [4.69, 9.17) is 9.90 Å². The standard InChI is InChI=1S/C3H6N2O.CH3NO2/c6-3-1-2-4-5-3;2-1(3)4/h4H,1-2H2,(H,5,6);2H2,(H,3,4). The molecule has 0 aromatic carbocycles. The number of carbonyl (C=O) groups is 2. The summed E-state index contributed by atoms with van der Waals surface area (Å²) < 4.78 is 0. The lowest BCUT2D eigenvalue weighted by molar-refractivity contribution is -0.119. The van der Waals surface area contributed by atoms with E-state index < -0.39 is 6.09 Å². The van der Waals surface area contributed by atoms with Crippen molar-refractivity contribution in [2.75, 3.05) is 6.54 Å². The maximum Gasteiger partial charge on any atom is 0.402 e. The van der Waals surface area contributed by atoms with Crippen LogP contribution in [0.2, 0.25) is 0 Å². The van der Waals surface area contributed by atoms with Crippen molar-refractivity contribution in [2.45, 2.75) is 6.42 Å². The van der Waals surface area contributed by atoms with E-state index in [1.54, 1.807) is 0 Å². The van der Waals surface area contributed by atoms with E-state index in [-0.39, 0.29) is 5.91 Å². The molecule has 1 rings (SSSR count). The summed E-state index contributed by atoms with van der Waals surface area (Å²) in [4.78, 5) is 18.8. The average Bonchev–Trinajstić information content (AvgIpc) is 2.15. The molecular weight excluding hydrogens is 138 g/mol. The van der Waals surface area contributed by atoms with E-state index in [1.807, 2.05) is 0 Å². The van der Waals surface area contributed by atoms with Gasteiger partial charge in [-0.25, -0.2) is 10.2 Å². The Hall–Kier alpha value is -1.30. The van der Waals surface area contributed by atoms with Gasteiger partial charge in [-0.2, -0.15) is 0 Å². The Morgan fingerprint density at radius 2 is 2.20 bits per heavy atom. The molecule has 1 saturated heterocycles. The SMILES string of the molecule is NC(=O)O.O=C1CCNN1. The van der Waals surface area contributed by atoms with E-state index in [0.29, 0.717) is 6.42 Å². The van der Waals surface area contributed by atoms with Crippen LogP contribution in [0.15, 0.2) is 0 Å². The summed E-state index contributed by atoms with van der Waals surface area (Å²) in [5.74, 6) is 0.0926. The monoisotopic (exact) mass is 147 g/mol. The van der Waals surface area contributed by atoms with Gasteiger partial charge >= 0.3 is 6.09 Å². The first-order valence-electron chi connectivity index (χ1n) is 2.63. The molecule has 5 N–H and O–H groups in total. The molecule has 2 amide bonds. The Balaban J connectivity index is 0.000000180. The summed E-state index contributed by atoms with van der Waals surface area (Å²) in [5.41, 5.74) is 9.13. The fourth-order valence-electron chi connectivity index (χ4n) is 0.400. The van der Waals surface area contributed by atoms with Crippen LogP contribution in [0.5, 0.6) is 0 Å². The molecule has 0 aliphatic carbocycles. The summed E-state index contributed by atoms with van der Waals surface area (Å²) >= 11 is 0. The van der Waals surface area contributed by atoms with Crippen molar-refractivity contribution in [3.63, 3.8) is 0 Å². The zero-order valence-electron chi connectivity index (χ0n) is 5.26. The lowest BCUT2D eigenvalue weighted by Crippen LogP contribution is -2.25. The fourth-order valence-corrected chi connectivity index (χ4v) is 0.400. The van der Waals surface area contributed by atoms with Gasteiger partial charge in [0.2, 0.25) is 5.91 Å². The zero-order valence-corrected chi connectivity index (χ0v) is 5.26. The van der Waals surface area contributed by atoms with Crippen molar-refractivity contribution in [1.82, 2.24) is 10.9 Å². The van der Waals surface area contributed by atoms with Crippen molar-refractivity contribution in [1.29, 1.82) is 0 Å². The molecule has 58 valence electrons. The van der Waals surface area contributed by atoms with E-state index in [9.17, 15) is 4.79 Å². The summed E-state index contributed by atoms with van der Waals surface area (Å²) in [6, 6.07) is 0. The van der Waals surface area contributed by atoms with Crippen molar-refractivity contribution in [2.24, 2.45) is 5.73 Å². The van der Waals surface area contributed by atoms with Crippen LogP contribution in [0.25, 0.3) is 0 Å². The van der Waals surface area contributed by atoms with Crippen LogP contribution in [0.4, 0.5) is 4.79 Å². The van der Waals surface area contributed by atoms with Gasteiger partial charge in [-0.05, 0) is 0 Å². The molecule has 0 aromatic heterocycles. The van der Waals surface area contributed by atoms with Gasteiger partial charge in [0.05, 0.1) is 0 Å². The number of hydrazine groups is 1. The molecule has 6 nitrogen and oxygen atoms in total. The maximum absolute atomic E-state index is 10.1. The number of carbonyl (C=O) groups excluding carboxylic acids is 1. The second-order valence-corrected chi connectivity index (χ2v) is 1.56. The van der Waals surface area contributed by atoms with Gasteiger partial charge in [0, 0.05) is 13.0 Å². The molecule has 6 heteroatoms. The smallest absolute Gasteiger partial charge is 0.402 e. The van der Waals surface area contributed by atoms with Crippen LogP contribution in [-0.2, 0) is 4.79 Å². The number of primary amides is 1. The third-order valence-electron chi connectivity index (χ3n) is 0.705. The quantitative estimate of drug-likeness (QED) is 0.339. The third kappa shape index (κ3) is 6.70. The molecule has 0 bridgehead atoms. The second kappa shape index (κ2) is 4.57. The molecule has 0 saturated carbocycles. The summed E-state index contributed by atoms with van der Waals surface area (Å²) in [6.07, 6.45) is -0.708. The van der Waals surface area contributed by atoms with Gasteiger partial charge in [-0.3, -0.25) is 10.2 Å².